The summed E-state index contributed by atoms with van der Waals surface area (Å²) in [4.78, 5) is 39.9. The number of hydrogen-bond acceptors (Lipinski definition) is 13. The van der Waals surface area contributed by atoms with Crippen LogP contribution in [-0.4, -0.2) is 105 Å². The van der Waals surface area contributed by atoms with Gasteiger partial charge in [0.05, 0.1) is 16.7 Å². The van der Waals surface area contributed by atoms with Crippen molar-refractivity contribution in [3.63, 3.8) is 0 Å². The molecule has 0 saturated carbocycles. The van der Waals surface area contributed by atoms with Gasteiger partial charge in [-0.25, -0.2) is 28.7 Å². The van der Waals surface area contributed by atoms with Crippen molar-refractivity contribution in [2.75, 3.05) is 50.7 Å². The fraction of sp³-hybridized carbons (Fsp3) is 0.447. The Bertz CT molecular complexity index is 2740. The Morgan fingerprint density at radius 1 is 0.658 bits per heavy atom. The third-order valence-corrected chi connectivity index (χ3v) is 12.7. The summed E-state index contributed by atoms with van der Waals surface area (Å²) >= 11 is 9.49. The summed E-state index contributed by atoms with van der Waals surface area (Å²) in [6.45, 7) is -4.69. The third-order valence-electron chi connectivity index (χ3n) is 11.3. The number of nitrogens with two attached hydrogens (primary N) is 1. The van der Waals surface area contributed by atoms with Crippen LogP contribution < -0.4 is 19.9 Å². The number of halogens is 11. The maximum atomic E-state index is 13.0. The van der Waals surface area contributed by atoms with E-state index in [0.29, 0.717) is 63.6 Å². The van der Waals surface area contributed by atoms with Gasteiger partial charge in [-0.3, -0.25) is 9.59 Å². The minimum atomic E-state index is -3.07. The first-order chi connectivity index (χ1) is 35.0. The average molecular weight is 1230 g/mol. The van der Waals surface area contributed by atoms with Crippen LogP contribution in [0, 0.1) is 5.92 Å². The molecule has 0 atom stereocenters. The molecular formula is C47H48Br3F8N7O8. The largest absolute Gasteiger partial charge is 0.431 e. The van der Waals surface area contributed by atoms with Gasteiger partial charge in [0.15, 0.2) is 40.1 Å². The molecule has 396 valence electrons. The lowest BCUT2D eigenvalue weighted by molar-refractivity contribution is -0.122. The minimum absolute atomic E-state index is 0.0569. The smallest absolute Gasteiger partial charge is 0.387 e. The van der Waals surface area contributed by atoms with Crippen molar-refractivity contribution in [2.24, 2.45) is 5.92 Å². The highest BCUT2D eigenvalue weighted by atomic mass is 79.9. The topological polar surface area (TPSA) is 176 Å². The summed E-state index contributed by atoms with van der Waals surface area (Å²) in [6.07, 6.45) is 10.5. The number of aromatic nitrogens is 6. The van der Waals surface area contributed by atoms with Crippen molar-refractivity contribution < 1.29 is 73.1 Å². The van der Waals surface area contributed by atoms with Crippen molar-refractivity contribution in [1.82, 2.24) is 28.7 Å². The number of ketones is 2. The number of nitrogen functional groups attached to an aromatic ring is 1. The lowest BCUT2D eigenvalue weighted by atomic mass is 9.97. The van der Waals surface area contributed by atoms with E-state index >= 15 is 0 Å². The van der Waals surface area contributed by atoms with Crippen molar-refractivity contribution >= 4 is 76.5 Å². The molecule has 3 saturated heterocycles. The molecule has 3 aliphatic rings. The van der Waals surface area contributed by atoms with Crippen LogP contribution in [0.1, 0.15) is 89.9 Å². The third kappa shape index (κ3) is 17.3. The van der Waals surface area contributed by atoms with Crippen LogP contribution in [0.2, 0.25) is 0 Å². The Morgan fingerprint density at radius 3 is 1.67 bits per heavy atom. The number of rotatable bonds is 14. The van der Waals surface area contributed by atoms with Crippen molar-refractivity contribution in [1.29, 1.82) is 0 Å². The summed E-state index contributed by atoms with van der Waals surface area (Å²) in [6, 6.07) is 7.94. The van der Waals surface area contributed by atoms with Gasteiger partial charge in [-0.1, -0.05) is 22.0 Å². The van der Waals surface area contributed by atoms with Crippen molar-refractivity contribution in [2.45, 2.75) is 83.0 Å². The van der Waals surface area contributed by atoms with Crippen LogP contribution in [0.5, 0.6) is 17.2 Å². The molecule has 3 aliphatic heterocycles. The molecule has 9 rings (SSSR count). The van der Waals surface area contributed by atoms with Gasteiger partial charge in [-0.15, -0.1) is 0 Å². The Hall–Kier alpha value is -5.02. The number of pyridine rings is 4. The van der Waals surface area contributed by atoms with E-state index in [1.54, 1.807) is 27.4 Å². The molecule has 0 radical (unpaired) electrons. The highest BCUT2D eigenvalue weighted by molar-refractivity contribution is 9.10. The second-order valence-electron chi connectivity index (χ2n) is 16.3. The average Bonchev–Trinajstić information content (AvgIpc) is 4.01. The van der Waals surface area contributed by atoms with Gasteiger partial charge in [-0.2, -0.15) is 26.3 Å². The number of hydrogen-bond donors (Lipinski definition) is 1. The highest BCUT2D eigenvalue weighted by Crippen LogP contribution is 2.33. The number of carbonyl (C=O) groups excluding carboxylic acids is 2. The predicted octanol–water partition coefficient (Wildman–Crippen LogP) is 11.6. The number of Topliss-reactive ketones (excluding diaryl/α,β-unsaturated/α-hetero) is 2. The fourth-order valence-electron chi connectivity index (χ4n) is 7.79. The van der Waals surface area contributed by atoms with Crippen LogP contribution in [0.3, 0.4) is 0 Å². The number of carbonyl (C=O) groups is 2. The molecule has 0 bridgehead atoms. The standard InChI is InChI=1S/C21H19F4N3O3.C13H13BrF2N2O2.C7H11BrO2.C6H5BrF2N2O/c22-19(23)15-3-1-2-14(26-15)17(29)8-12-9-18(31-21(24)25)20-27-16(11-28(20)10-12)13-4-6-30-7-5-13;14-9-5-11(20-13(15)16)12-17-10(7-18(12)6-9)8-1-3-19-4-2-8;8-5-7(9)6-1-3-10-4-2-6;7-3-1-4(12-6(8)9)5(10)11-2-3/h1-3,9-11,13,19,21H,4-8H2;5-8,13H,1-4H2;6H,1-5H2;1-2,6H,(H2,10,11). The maximum absolute atomic E-state index is 13.0. The van der Waals surface area contributed by atoms with E-state index in [0.717, 1.165) is 69.2 Å². The van der Waals surface area contributed by atoms with Crippen LogP contribution in [0.15, 0.2) is 76.3 Å². The molecule has 0 amide bonds. The first kappa shape index (κ1) is 57.3. The molecule has 3 fully saturated rings. The Labute approximate surface area is 437 Å². The van der Waals surface area contributed by atoms with Gasteiger partial charge in [-0.05, 0) is 106 Å². The number of nitrogens with zero attached hydrogens (tertiary/aromatic N) is 6. The van der Waals surface area contributed by atoms with E-state index in [1.807, 2.05) is 6.20 Å². The molecule has 6 aromatic heterocycles. The fourth-order valence-corrected chi connectivity index (χ4v) is 8.99. The Kier molecular flexibility index (Phi) is 22.0. The zero-order chi connectivity index (χ0) is 52.6. The van der Waals surface area contributed by atoms with E-state index < -0.39 is 37.7 Å². The SMILES string of the molecule is FC(F)Oc1cc(Br)cn2cc(C3CCOCC3)nc12.Nc1ncc(Br)cc1OC(F)F.O=C(CBr)C1CCOCC1.O=C(Cc1cc(OC(F)F)c2nc(C3CCOCC3)cn2c1)c1cccc(C(F)F)n1. The van der Waals surface area contributed by atoms with Gasteiger partial charge in [0.25, 0.3) is 6.43 Å². The molecule has 0 spiro atoms. The lowest BCUT2D eigenvalue weighted by Crippen LogP contribution is -2.23. The van der Waals surface area contributed by atoms with Gasteiger partial charge in [0.2, 0.25) is 0 Å². The first-order valence-corrected chi connectivity index (χ1v) is 25.2. The van der Waals surface area contributed by atoms with Crippen molar-refractivity contribution in [3.8, 4) is 17.2 Å². The summed E-state index contributed by atoms with van der Waals surface area (Å²) in [7, 11) is 0. The quantitative estimate of drug-likeness (QED) is 0.0620. The molecular weight excluding hydrogens is 1180 g/mol. The molecule has 2 N–H and O–H groups in total. The molecule has 0 unspecified atom stereocenters. The second kappa shape index (κ2) is 28.0. The summed E-state index contributed by atoms with van der Waals surface area (Å²) in [5.41, 5.74) is 7.25. The zero-order valence-corrected chi connectivity index (χ0v) is 43.2. The minimum Gasteiger partial charge on any atom is -0.431 e. The normalized spacial score (nSPS) is 15.7. The number of ether oxygens (including phenoxy) is 6. The number of anilines is 1. The Balaban J connectivity index is 0.000000176. The van der Waals surface area contributed by atoms with Crippen LogP contribution in [0.4, 0.5) is 40.9 Å². The number of imidazole rings is 2. The summed E-state index contributed by atoms with van der Waals surface area (Å²) in [5.74, 6) is 0.241. The van der Waals surface area contributed by atoms with Gasteiger partial charge < -0.3 is 43.0 Å². The zero-order valence-electron chi connectivity index (χ0n) is 38.5. The first-order valence-electron chi connectivity index (χ1n) is 22.5. The lowest BCUT2D eigenvalue weighted by Gasteiger charge is -2.19. The maximum Gasteiger partial charge on any atom is 0.387 e. The summed E-state index contributed by atoms with van der Waals surface area (Å²) in [5, 5.41) is 0.498. The molecule has 73 heavy (non-hydrogen) atoms. The monoisotopic (exact) mass is 1230 g/mol. The molecule has 9 heterocycles. The van der Waals surface area contributed by atoms with Gasteiger partial charge in [0.1, 0.15) is 17.2 Å². The van der Waals surface area contributed by atoms with E-state index in [1.165, 1.54) is 36.5 Å². The van der Waals surface area contributed by atoms with Gasteiger partial charge in [0, 0.05) is 104 Å². The molecule has 15 nitrogen and oxygen atoms in total. The number of alkyl halides is 9. The van der Waals surface area contributed by atoms with E-state index in [2.05, 4.69) is 81.9 Å². The molecule has 0 aliphatic carbocycles. The van der Waals surface area contributed by atoms with Crippen LogP contribution >= 0.6 is 47.8 Å². The van der Waals surface area contributed by atoms with Gasteiger partial charge >= 0.3 is 19.8 Å². The van der Waals surface area contributed by atoms with Crippen LogP contribution in [0.25, 0.3) is 11.3 Å². The number of fused-ring (bicyclic) bond motifs is 2. The van der Waals surface area contributed by atoms with E-state index in [9.17, 15) is 44.7 Å². The predicted molar refractivity (Wildman–Crippen MR) is 259 cm³/mol. The molecule has 6 aromatic rings. The Morgan fingerprint density at radius 2 is 1.15 bits per heavy atom. The second-order valence-corrected chi connectivity index (χ2v) is 18.7. The summed E-state index contributed by atoms with van der Waals surface area (Å²) < 4.78 is 133. The van der Waals surface area contributed by atoms with Crippen LogP contribution in [-0.2, 0) is 25.4 Å². The van der Waals surface area contributed by atoms with E-state index in [-0.39, 0.29) is 52.7 Å². The highest BCUT2D eigenvalue weighted by Gasteiger charge is 2.24. The van der Waals surface area contributed by atoms with Crippen molar-refractivity contribution in [3.05, 3.63) is 105 Å². The molecule has 0 aromatic carbocycles. The van der Waals surface area contributed by atoms with E-state index in [4.69, 9.17) is 19.9 Å². The molecule has 26 heteroatoms.